The molecule has 1 aliphatic rings. The van der Waals surface area contributed by atoms with Crippen LogP contribution in [0.5, 0.6) is 0 Å². The van der Waals surface area contributed by atoms with Crippen molar-refractivity contribution >= 4 is 15.9 Å². The van der Waals surface area contributed by atoms with E-state index in [1.54, 1.807) is 13.0 Å². The quantitative estimate of drug-likeness (QED) is 0.898. The zero-order valence-electron chi connectivity index (χ0n) is 9.39. The lowest BCUT2D eigenvalue weighted by molar-refractivity contribution is 0.233. The zero-order chi connectivity index (χ0) is 11.5. The van der Waals surface area contributed by atoms with Crippen molar-refractivity contribution < 1.29 is 4.39 Å². The van der Waals surface area contributed by atoms with Crippen LogP contribution in [0.1, 0.15) is 11.1 Å². The molecule has 16 heavy (non-hydrogen) atoms. The van der Waals surface area contributed by atoms with Crippen LogP contribution in [0.25, 0.3) is 0 Å². The van der Waals surface area contributed by atoms with Crippen molar-refractivity contribution in [3.63, 3.8) is 0 Å². The SMILES string of the molecule is Cc1c(F)cc(CN2CCNCC2)cc1Br. The molecule has 0 saturated carbocycles. The molecule has 88 valence electrons. The fraction of sp³-hybridized carbons (Fsp3) is 0.500. The third kappa shape index (κ3) is 2.81. The molecule has 0 atom stereocenters. The van der Waals surface area contributed by atoms with E-state index in [9.17, 15) is 4.39 Å². The van der Waals surface area contributed by atoms with Gasteiger partial charge in [0.05, 0.1) is 0 Å². The lowest BCUT2D eigenvalue weighted by atomic mass is 10.1. The van der Waals surface area contributed by atoms with Crippen LogP contribution in [0.3, 0.4) is 0 Å². The molecule has 0 spiro atoms. The molecule has 2 rings (SSSR count). The standard InChI is InChI=1S/C12H16BrFN2/c1-9-11(13)6-10(7-12(9)14)8-16-4-2-15-3-5-16/h6-7,15H,2-5,8H2,1H3. The van der Waals surface area contributed by atoms with E-state index in [-0.39, 0.29) is 5.82 Å². The van der Waals surface area contributed by atoms with Gasteiger partial charge in [0.15, 0.2) is 0 Å². The summed E-state index contributed by atoms with van der Waals surface area (Å²) in [6.45, 7) is 6.73. The molecule has 1 aliphatic heterocycles. The molecule has 0 radical (unpaired) electrons. The molecule has 1 heterocycles. The summed E-state index contributed by atoms with van der Waals surface area (Å²) in [5, 5.41) is 3.31. The number of hydrogen-bond acceptors (Lipinski definition) is 2. The van der Waals surface area contributed by atoms with Gasteiger partial charge in [-0.25, -0.2) is 4.39 Å². The molecule has 1 saturated heterocycles. The van der Waals surface area contributed by atoms with E-state index in [0.717, 1.165) is 42.8 Å². The summed E-state index contributed by atoms with van der Waals surface area (Å²) in [5.74, 6) is -0.125. The molecule has 1 N–H and O–H groups in total. The summed E-state index contributed by atoms with van der Waals surface area (Å²) in [6.07, 6.45) is 0. The summed E-state index contributed by atoms with van der Waals surface area (Å²) >= 11 is 3.39. The van der Waals surface area contributed by atoms with Gasteiger partial charge in [-0.05, 0) is 30.2 Å². The molecular weight excluding hydrogens is 271 g/mol. The Hall–Kier alpha value is -0.450. The van der Waals surface area contributed by atoms with Gasteiger partial charge in [-0.1, -0.05) is 15.9 Å². The normalized spacial score (nSPS) is 17.7. The Balaban J connectivity index is 2.09. The van der Waals surface area contributed by atoms with Gasteiger partial charge in [0.1, 0.15) is 5.82 Å². The Kier molecular flexibility index (Phi) is 3.95. The maximum absolute atomic E-state index is 13.5. The minimum absolute atomic E-state index is 0.125. The smallest absolute Gasteiger partial charge is 0.127 e. The first kappa shape index (κ1) is 12.0. The lowest BCUT2D eigenvalue weighted by Crippen LogP contribution is -2.42. The Bertz CT molecular complexity index is 352. The minimum atomic E-state index is -0.125. The van der Waals surface area contributed by atoms with Gasteiger partial charge in [0.25, 0.3) is 0 Å². The summed E-state index contributed by atoms with van der Waals surface area (Å²) in [6, 6.07) is 3.66. The molecule has 1 fully saturated rings. The Morgan fingerprint density at radius 2 is 2.06 bits per heavy atom. The van der Waals surface area contributed by atoms with E-state index in [4.69, 9.17) is 0 Å². The van der Waals surface area contributed by atoms with Gasteiger partial charge >= 0.3 is 0 Å². The molecule has 0 bridgehead atoms. The van der Waals surface area contributed by atoms with Gasteiger partial charge in [-0.15, -0.1) is 0 Å². The molecule has 0 amide bonds. The first-order valence-electron chi connectivity index (χ1n) is 5.54. The summed E-state index contributed by atoms with van der Waals surface area (Å²) in [4.78, 5) is 2.34. The lowest BCUT2D eigenvalue weighted by Gasteiger charge is -2.27. The Morgan fingerprint density at radius 3 is 2.69 bits per heavy atom. The van der Waals surface area contributed by atoms with Crippen molar-refractivity contribution in [2.24, 2.45) is 0 Å². The highest BCUT2D eigenvalue weighted by Gasteiger charge is 2.11. The number of benzene rings is 1. The summed E-state index contributed by atoms with van der Waals surface area (Å²) < 4.78 is 14.4. The average molecular weight is 287 g/mol. The first-order valence-corrected chi connectivity index (χ1v) is 6.34. The van der Waals surface area contributed by atoms with E-state index >= 15 is 0 Å². The van der Waals surface area contributed by atoms with E-state index in [1.165, 1.54) is 0 Å². The predicted molar refractivity (Wildman–Crippen MR) is 67.0 cm³/mol. The monoisotopic (exact) mass is 286 g/mol. The van der Waals surface area contributed by atoms with Crippen molar-refractivity contribution in [2.45, 2.75) is 13.5 Å². The number of halogens is 2. The van der Waals surface area contributed by atoms with E-state index in [2.05, 4.69) is 26.1 Å². The fourth-order valence-electron chi connectivity index (χ4n) is 1.92. The van der Waals surface area contributed by atoms with E-state index in [1.807, 2.05) is 6.07 Å². The topological polar surface area (TPSA) is 15.3 Å². The molecular formula is C12H16BrFN2. The Labute approximate surface area is 104 Å². The predicted octanol–water partition coefficient (Wildman–Crippen LogP) is 2.30. The second-order valence-corrected chi connectivity index (χ2v) is 5.06. The average Bonchev–Trinajstić information content (AvgIpc) is 2.27. The molecule has 2 nitrogen and oxygen atoms in total. The van der Waals surface area contributed by atoms with Crippen molar-refractivity contribution in [1.82, 2.24) is 10.2 Å². The maximum Gasteiger partial charge on any atom is 0.127 e. The fourth-order valence-corrected chi connectivity index (χ4v) is 2.40. The highest BCUT2D eigenvalue weighted by atomic mass is 79.9. The van der Waals surface area contributed by atoms with Crippen molar-refractivity contribution in [2.75, 3.05) is 26.2 Å². The Morgan fingerprint density at radius 1 is 1.38 bits per heavy atom. The van der Waals surface area contributed by atoms with Crippen molar-refractivity contribution in [3.8, 4) is 0 Å². The van der Waals surface area contributed by atoms with Gasteiger partial charge in [-0.2, -0.15) is 0 Å². The van der Waals surface area contributed by atoms with Gasteiger partial charge in [-0.3, -0.25) is 4.90 Å². The molecule has 1 aromatic rings. The highest BCUT2D eigenvalue weighted by Crippen LogP contribution is 2.22. The van der Waals surface area contributed by atoms with Crippen LogP contribution < -0.4 is 5.32 Å². The van der Waals surface area contributed by atoms with Gasteiger partial charge < -0.3 is 5.32 Å². The second-order valence-electron chi connectivity index (χ2n) is 4.21. The third-order valence-corrected chi connectivity index (χ3v) is 3.78. The zero-order valence-corrected chi connectivity index (χ0v) is 11.0. The molecule has 0 aromatic heterocycles. The molecule has 0 unspecified atom stereocenters. The van der Waals surface area contributed by atoms with Crippen LogP contribution in [0.2, 0.25) is 0 Å². The van der Waals surface area contributed by atoms with Crippen LogP contribution in [-0.2, 0) is 6.54 Å². The number of hydrogen-bond donors (Lipinski definition) is 1. The van der Waals surface area contributed by atoms with Crippen LogP contribution >= 0.6 is 15.9 Å². The second kappa shape index (κ2) is 5.25. The van der Waals surface area contributed by atoms with Crippen LogP contribution in [0.15, 0.2) is 16.6 Å². The number of nitrogens with zero attached hydrogens (tertiary/aromatic N) is 1. The third-order valence-electron chi connectivity index (χ3n) is 2.96. The van der Waals surface area contributed by atoms with Gasteiger partial charge in [0.2, 0.25) is 0 Å². The molecule has 1 aromatic carbocycles. The largest absolute Gasteiger partial charge is 0.314 e. The molecule has 4 heteroatoms. The van der Waals surface area contributed by atoms with E-state index < -0.39 is 0 Å². The first-order chi connectivity index (χ1) is 7.66. The van der Waals surface area contributed by atoms with Crippen molar-refractivity contribution in [1.29, 1.82) is 0 Å². The minimum Gasteiger partial charge on any atom is -0.314 e. The van der Waals surface area contributed by atoms with Gasteiger partial charge in [0, 0.05) is 37.2 Å². The molecule has 0 aliphatic carbocycles. The van der Waals surface area contributed by atoms with Crippen LogP contribution in [-0.4, -0.2) is 31.1 Å². The van der Waals surface area contributed by atoms with Crippen LogP contribution in [0, 0.1) is 12.7 Å². The summed E-state index contributed by atoms with van der Waals surface area (Å²) in [7, 11) is 0. The number of nitrogens with one attached hydrogen (secondary N) is 1. The highest BCUT2D eigenvalue weighted by molar-refractivity contribution is 9.10. The van der Waals surface area contributed by atoms with Crippen molar-refractivity contribution in [3.05, 3.63) is 33.5 Å². The maximum atomic E-state index is 13.5. The number of piperazine rings is 1. The summed E-state index contributed by atoms with van der Waals surface area (Å²) in [5.41, 5.74) is 1.72. The van der Waals surface area contributed by atoms with Crippen LogP contribution in [0.4, 0.5) is 4.39 Å². The van der Waals surface area contributed by atoms with E-state index in [0.29, 0.717) is 5.56 Å². The number of rotatable bonds is 2.